The van der Waals surface area contributed by atoms with Crippen molar-refractivity contribution in [3.05, 3.63) is 51.4 Å². The molecular weight excluding hydrogens is 390 g/mol. The standard InChI is InChI=1S/C24H35N5O2/c1-4-5-7-21(30)22-19(3)26-29(24(31)23(22)25)13-6-12-27-14-16-28(17-15-27)20-10-8-18(2)9-11-20/h8-11H,4-7,12-17,25H2,1-3H3. The number of nitrogens with two attached hydrogens (primary N) is 1. The molecule has 0 radical (unpaired) electrons. The highest BCUT2D eigenvalue weighted by atomic mass is 16.1. The van der Waals surface area contributed by atoms with Gasteiger partial charge >= 0.3 is 0 Å². The first kappa shape index (κ1) is 23.0. The lowest BCUT2D eigenvalue weighted by molar-refractivity contribution is 0.0979. The third kappa shape index (κ3) is 5.73. The van der Waals surface area contributed by atoms with Crippen LogP contribution in [0.1, 0.15) is 54.2 Å². The topological polar surface area (TPSA) is 84.5 Å². The quantitative estimate of drug-likeness (QED) is 0.622. The summed E-state index contributed by atoms with van der Waals surface area (Å²) < 4.78 is 1.42. The highest BCUT2D eigenvalue weighted by molar-refractivity contribution is 6.01. The van der Waals surface area contributed by atoms with E-state index in [1.165, 1.54) is 15.9 Å². The van der Waals surface area contributed by atoms with Gasteiger partial charge in [0.25, 0.3) is 5.56 Å². The van der Waals surface area contributed by atoms with Crippen LogP contribution >= 0.6 is 0 Å². The molecule has 31 heavy (non-hydrogen) atoms. The molecule has 2 heterocycles. The number of unbranched alkanes of at least 4 members (excludes halogenated alkanes) is 1. The van der Waals surface area contributed by atoms with Crippen molar-refractivity contribution in [2.24, 2.45) is 0 Å². The van der Waals surface area contributed by atoms with Crippen molar-refractivity contribution in [1.29, 1.82) is 0 Å². The summed E-state index contributed by atoms with van der Waals surface area (Å²) in [5, 5.41) is 4.38. The monoisotopic (exact) mass is 425 g/mol. The predicted molar refractivity (Wildman–Crippen MR) is 126 cm³/mol. The Kier molecular flexibility index (Phi) is 7.85. The van der Waals surface area contributed by atoms with Crippen LogP contribution in [-0.4, -0.2) is 53.2 Å². The lowest BCUT2D eigenvalue weighted by Gasteiger charge is -2.36. The molecule has 7 heteroatoms. The summed E-state index contributed by atoms with van der Waals surface area (Å²) in [5.74, 6) is -0.0833. The van der Waals surface area contributed by atoms with Gasteiger partial charge in [0.2, 0.25) is 0 Å². The molecule has 0 aliphatic carbocycles. The fourth-order valence-corrected chi connectivity index (χ4v) is 4.11. The average molecular weight is 426 g/mol. The number of hydrogen-bond acceptors (Lipinski definition) is 6. The minimum Gasteiger partial charge on any atom is -0.394 e. The Morgan fingerprint density at radius 3 is 2.35 bits per heavy atom. The van der Waals surface area contributed by atoms with Crippen LogP contribution in [0.4, 0.5) is 11.4 Å². The molecule has 1 aliphatic rings. The molecule has 0 bridgehead atoms. The van der Waals surface area contributed by atoms with E-state index < -0.39 is 0 Å². The Morgan fingerprint density at radius 2 is 1.71 bits per heavy atom. The van der Waals surface area contributed by atoms with Gasteiger partial charge in [-0.2, -0.15) is 5.10 Å². The normalized spacial score (nSPS) is 14.7. The Hall–Kier alpha value is -2.67. The van der Waals surface area contributed by atoms with Gasteiger partial charge < -0.3 is 10.6 Å². The molecule has 168 valence electrons. The van der Waals surface area contributed by atoms with Crippen LogP contribution in [0.2, 0.25) is 0 Å². The molecule has 1 aromatic carbocycles. The summed E-state index contributed by atoms with van der Waals surface area (Å²) in [6.07, 6.45) is 2.94. The number of nitrogen functional groups attached to an aromatic ring is 1. The van der Waals surface area contributed by atoms with Gasteiger partial charge in [0.05, 0.1) is 11.3 Å². The smallest absolute Gasteiger partial charge is 0.290 e. The first-order valence-corrected chi connectivity index (χ1v) is 11.3. The second-order valence-corrected chi connectivity index (χ2v) is 8.45. The summed E-state index contributed by atoms with van der Waals surface area (Å²) >= 11 is 0. The van der Waals surface area contributed by atoms with E-state index in [9.17, 15) is 9.59 Å². The predicted octanol–water partition coefficient (Wildman–Crippen LogP) is 3.03. The number of carbonyl (C=O) groups is 1. The van der Waals surface area contributed by atoms with Crippen LogP contribution in [-0.2, 0) is 6.54 Å². The molecule has 2 N–H and O–H groups in total. The van der Waals surface area contributed by atoms with Crippen molar-refractivity contribution in [2.75, 3.05) is 43.4 Å². The molecule has 7 nitrogen and oxygen atoms in total. The number of aromatic nitrogens is 2. The molecule has 1 aliphatic heterocycles. The van der Waals surface area contributed by atoms with Crippen molar-refractivity contribution in [3.8, 4) is 0 Å². The van der Waals surface area contributed by atoms with Gasteiger partial charge in [0, 0.05) is 51.4 Å². The molecule has 0 amide bonds. The van der Waals surface area contributed by atoms with Crippen molar-refractivity contribution in [3.63, 3.8) is 0 Å². The van der Waals surface area contributed by atoms with Crippen LogP contribution in [0.15, 0.2) is 29.1 Å². The van der Waals surface area contributed by atoms with Gasteiger partial charge in [-0.1, -0.05) is 31.0 Å². The second kappa shape index (κ2) is 10.6. The summed E-state index contributed by atoms with van der Waals surface area (Å²) in [7, 11) is 0. The van der Waals surface area contributed by atoms with Crippen molar-refractivity contribution in [1.82, 2.24) is 14.7 Å². The first-order valence-electron chi connectivity index (χ1n) is 11.3. The number of carbonyl (C=O) groups excluding carboxylic acids is 1. The Bertz CT molecular complexity index is 944. The molecule has 0 unspecified atom stereocenters. The third-order valence-corrected chi connectivity index (χ3v) is 6.02. The van der Waals surface area contributed by atoms with E-state index in [2.05, 4.69) is 46.1 Å². The lowest BCUT2D eigenvalue weighted by Crippen LogP contribution is -2.46. The number of anilines is 2. The SMILES string of the molecule is CCCCC(=O)c1c(C)nn(CCCN2CCN(c3ccc(C)cc3)CC2)c(=O)c1N. The van der Waals surface area contributed by atoms with Gasteiger partial charge in [0.15, 0.2) is 5.78 Å². The van der Waals surface area contributed by atoms with Gasteiger partial charge in [-0.15, -0.1) is 0 Å². The van der Waals surface area contributed by atoms with E-state index in [4.69, 9.17) is 5.73 Å². The van der Waals surface area contributed by atoms with E-state index >= 15 is 0 Å². The summed E-state index contributed by atoms with van der Waals surface area (Å²) in [6.45, 7) is 11.3. The van der Waals surface area contributed by atoms with E-state index in [1.807, 2.05) is 6.92 Å². The van der Waals surface area contributed by atoms with Crippen LogP contribution in [0.25, 0.3) is 0 Å². The van der Waals surface area contributed by atoms with Crippen LogP contribution in [0.3, 0.4) is 0 Å². The van der Waals surface area contributed by atoms with Gasteiger partial charge in [-0.25, -0.2) is 4.68 Å². The molecule has 0 spiro atoms. The van der Waals surface area contributed by atoms with E-state index in [0.717, 1.165) is 52.0 Å². The van der Waals surface area contributed by atoms with Crippen LogP contribution in [0, 0.1) is 13.8 Å². The number of benzene rings is 1. The minimum absolute atomic E-state index is 0.0420. The molecule has 0 saturated carbocycles. The van der Waals surface area contributed by atoms with Crippen LogP contribution in [0.5, 0.6) is 0 Å². The number of nitrogens with zero attached hydrogens (tertiary/aromatic N) is 4. The highest BCUT2D eigenvalue weighted by Gasteiger charge is 2.20. The Labute approximate surface area is 184 Å². The van der Waals surface area contributed by atoms with E-state index in [0.29, 0.717) is 24.2 Å². The highest BCUT2D eigenvalue weighted by Crippen LogP contribution is 2.18. The van der Waals surface area contributed by atoms with Gasteiger partial charge in [-0.05, 0) is 38.8 Å². The number of Topliss-reactive ketones (excluding diaryl/α,β-unsaturated/α-hetero) is 1. The molecule has 1 saturated heterocycles. The number of rotatable bonds is 9. The zero-order chi connectivity index (χ0) is 22.4. The lowest BCUT2D eigenvalue weighted by atomic mass is 10.0. The minimum atomic E-state index is -0.352. The third-order valence-electron chi connectivity index (χ3n) is 6.02. The molecule has 1 fully saturated rings. The second-order valence-electron chi connectivity index (χ2n) is 8.45. The van der Waals surface area contributed by atoms with Crippen molar-refractivity contribution >= 4 is 17.2 Å². The maximum absolute atomic E-state index is 12.6. The maximum Gasteiger partial charge on any atom is 0.290 e. The Morgan fingerprint density at radius 1 is 1.03 bits per heavy atom. The summed E-state index contributed by atoms with van der Waals surface area (Å²) in [6, 6.07) is 8.69. The fraction of sp³-hybridized carbons (Fsp3) is 0.542. The molecule has 2 aromatic rings. The number of hydrogen-bond donors (Lipinski definition) is 1. The number of aryl methyl sites for hydroxylation is 3. The Balaban J connectivity index is 1.52. The van der Waals surface area contributed by atoms with Gasteiger partial charge in [-0.3, -0.25) is 14.5 Å². The number of ketones is 1. The fourth-order valence-electron chi connectivity index (χ4n) is 4.11. The van der Waals surface area contributed by atoms with Crippen molar-refractivity contribution in [2.45, 2.75) is 53.0 Å². The van der Waals surface area contributed by atoms with Gasteiger partial charge in [0.1, 0.15) is 5.69 Å². The van der Waals surface area contributed by atoms with E-state index in [1.54, 1.807) is 6.92 Å². The largest absolute Gasteiger partial charge is 0.394 e. The number of piperazine rings is 1. The zero-order valence-corrected chi connectivity index (χ0v) is 19.1. The molecular formula is C24H35N5O2. The maximum atomic E-state index is 12.6. The van der Waals surface area contributed by atoms with E-state index in [-0.39, 0.29) is 17.0 Å². The molecule has 1 aromatic heterocycles. The molecule has 3 rings (SSSR count). The molecule has 0 atom stereocenters. The van der Waals surface area contributed by atoms with Crippen molar-refractivity contribution < 1.29 is 4.79 Å². The first-order chi connectivity index (χ1) is 14.9. The average Bonchev–Trinajstić information content (AvgIpc) is 2.77. The van der Waals surface area contributed by atoms with Crippen LogP contribution < -0.4 is 16.2 Å². The summed E-state index contributed by atoms with van der Waals surface area (Å²) in [5.41, 5.74) is 9.14. The summed E-state index contributed by atoms with van der Waals surface area (Å²) in [4.78, 5) is 29.9. The zero-order valence-electron chi connectivity index (χ0n) is 19.1.